The van der Waals surface area contributed by atoms with Crippen LogP contribution in [-0.4, -0.2) is 20.3 Å². The van der Waals surface area contributed by atoms with E-state index >= 15 is 0 Å². The highest BCUT2D eigenvalue weighted by molar-refractivity contribution is 5.33. The van der Waals surface area contributed by atoms with Crippen LogP contribution in [0.5, 0.6) is 11.5 Å². The van der Waals surface area contributed by atoms with E-state index in [1.807, 2.05) is 43.4 Å². The van der Waals surface area contributed by atoms with E-state index in [0.717, 1.165) is 24.5 Å². The van der Waals surface area contributed by atoms with E-state index in [1.54, 1.807) is 0 Å². The molecule has 3 heteroatoms. The lowest BCUT2D eigenvalue weighted by molar-refractivity contribution is 0.246. The minimum Gasteiger partial charge on any atom is -0.493 e. The predicted octanol–water partition coefficient (Wildman–Crippen LogP) is 3.56. The van der Waals surface area contributed by atoms with Gasteiger partial charge in [0.1, 0.15) is 11.5 Å². The van der Waals surface area contributed by atoms with Crippen LogP contribution in [0.25, 0.3) is 0 Å². The third-order valence-corrected chi connectivity index (χ3v) is 3.14. The highest BCUT2D eigenvalue weighted by Crippen LogP contribution is 2.18. The van der Waals surface area contributed by atoms with Gasteiger partial charge in [0.2, 0.25) is 0 Å². The highest BCUT2D eigenvalue weighted by atomic mass is 16.5. The van der Waals surface area contributed by atoms with Gasteiger partial charge in [0.05, 0.1) is 13.2 Å². The maximum Gasteiger partial charge on any atom is 0.123 e. The van der Waals surface area contributed by atoms with Crippen molar-refractivity contribution in [1.29, 1.82) is 0 Å². The fraction of sp³-hybridized carbons (Fsp3) is 0.333. The first-order valence-electron chi connectivity index (χ1n) is 7.34. The van der Waals surface area contributed by atoms with Crippen molar-refractivity contribution in [2.45, 2.75) is 19.9 Å². The molecule has 0 radical (unpaired) electrons. The molecule has 2 aromatic rings. The third kappa shape index (κ3) is 5.12. The number of nitrogens with one attached hydrogen (secondary N) is 1. The number of benzene rings is 2. The molecule has 0 saturated carbocycles. The van der Waals surface area contributed by atoms with Gasteiger partial charge >= 0.3 is 0 Å². The Labute approximate surface area is 126 Å². The summed E-state index contributed by atoms with van der Waals surface area (Å²) < 4.78 is 11.5. The van der Waals surface area contributed by atoms with Crippen molar-refractivity contribution in [3.8, 4) is 11.5 Å². The molecule has 0 atom stereocenters. The van der Waals surface area contributed by atoms with Gasteiger partial charge in [0.15, 0.2) is 0 Å². The molecule has 0 aliphatic heterocycles. The molecule has 1 N–H and O–H groups in total. The first-order valence-corrected chi connectivity index (χ1v) is 7.34. The Hall–Kier alpha value is -2.00. The van der Waals surface area contributed by atoms with Gasteiger partial charge in [-0.1, -0.05) is 30.3 Å². The van der Waals surface area contributed by atoms with Gasteiger partial charge in [-0.3, -0.25) is 0 Å². The van der Waals surface area contributed by atoms with Crippen LogP contribution >= 0.6 is 0 Å². The minimum atomic E-state index is 0.659. The summed E-state index contributed by atoms with van der Waals surface area (Å²) in [5.74, 6) is 1.87. The lowest BCUT2D eigenvalue weighted by Crippen LogP contribution is -2.09. The van der Waals surface area contributed by atoms with Crippen molar-refractivity contribution >= 4 is 0 Å². The van der Waals surface area contributed by atoms with Crippen LogP contribution in [-0.2, 0) is 6.54 Å². The van der Waals surface area contributed by atoms with Crippen LogP contribution in [0, 0.1) is 6.92 Å². The lowest BCUT2D eigenvalue weighted by atomic mass is 10.2. The molecule has 0 aliphatic carbocycles. The monoisotopic (exact) mass is 285 g/mol. The Morgan fingerprint density at radius 3 is 2.57 bits per heavy atom. The van der Waals surface area contributed by atoms with Crippen LogP contribution < -0.4 is 14.8 Å². The maximum atomic E-state index is 5.83. The summed E-state index contributed by atoms with van der Waals surface area (Å²) in [6, 6.07) is 16.2. The summed E-state index contributed by atoms with van der Waals surface area (Å²) in [4.78, 5) is 0. The normalized spacial score (nSPS) is 10.4. The van der Waals surface area contributed by atoms with Crippen LogP contribution in [0.15, 0.2) is 48.5 Å². The van der Waals surface area contributed by atoms with Crippen molar-refractivity contribution in [3.05, 3.63) is 59.7 Å². The zero-order chi connectivity index (χ0) is 14.9. The molecule has 0 saturated heterocycles. The van der Waals surface area contributed by atoms with E-state index in [0.29, 0.717) is 13.2 Å². The molecule has 3 nitrogen and oxygen atoms in total. The molecule has 21 heavy (non-hydrogen) atoms. The predicted molar refractivity (Wildman–Crippen MR) is 86.0 cm³/mol. The second-order valence-electron chi connectivity index (χ2n) is 5.01. The number of para-hydroxylation sites is 1. The Morgan fingerprint density at radius 1 is 0.952 bits per heavy atom. The van der Waals surface area contributed by atoms with Crippen molar-refractivity contribution in [2.24, 2.45) is 0 Å². The van der Waals surface area contributed by atoms with Gasteiger partial charge in [0.25, 0.3) is 0 Å². The van der Waals surface area contributed by atoms with E-state index in [2.05, 4.69) is 24.4 Å². The van der Waals surface area contributed by atoms with Crippen molar-refractivity contribution in [3.63, 3.8) is 0 Å². The van der Waals surface area contributed by atoms with Gasteiger partial charge in [-0.15, -0.1) is 0 Å². The van der Waals surface area contributed by atoms with E-state index in [1.165, 1.54) is 11.1 Å². The smallest absolute Gasteiger partial charge is 0.123 e. The van der Waals surface area contributed by atoms with Crippen molar-refractivity contribution in [2.75, 3.05) is 20.3 Å². The van der Waals surface area contributed by atoms with Crippen LogP contribution in [0.3, 0.4) is 0 Å². The molecule has 0 heterocycles. The summed E-state index contributed by atoms with van der Waals surface area (Å²) in [5, 5.41) is 3.15. The number of hydrogen-bond donors (Lipinski definition) is 1. The summed E-state index contributed by atoms with van der Waals surface area (Å²) >= 11 is 0. The van der Waals surface area contributed by atoms with E-state index in [4.69, 9.17) is 9.47 Å². The average molecular weight is 285 g/mol. The Morgan fingerprint density at radius 2 is 1.76 bits per heavy atom. The van der Waals surface area contributed by atoms with E-state index < -0.39 is 0 Å². The van der Waals surface area contributed by atoms with E-state index in [-0.39, 0.29) is 0 Å². The summed E-state index contributed by atoms with van der Waals surface area (Å²) in [7, 11) is 1.94. The fourth-order valence-electron chi connectivity index (χ4n) is 2.12. The maximum absolute atomic E-state index is 5.83. The zero-order valence-corrected chi connectivity index (χ0v) is 12.8. The topological polar surface area (TPSA) is 30.5 Å². The molecule has 0 aromatic heterocycles. The molecule has 0 fully saturated rings. The van der Waals surface area contributed by atoms with E-state index in [9.17, 15) is 0 Å². The minimum absolute atomic E-state index is 0.659. The van der Waals surface area contributed by atoms with Gasteiger partial charge in [-0.2, -0.15) is 0 Å². The van der Waals surface area contributed by atoms with Gasteiger partial charge in [-0.25, -0.2) is 0 Å². The zero-order valence-electron chi connectivity index (χ0n) is 12.8. The quantitative estimate of drug-likeness (QED) is 0.752. The first kappa shape index (κ1) is 15.4. The molecule has 0 bridgehead atoms. The molecule has 0 amide bonds. The van der Waals surface area contributed by atoms with Crippen LogP contribution in [0.4, 0.5) is 0 Å². The standard InChI is InChI=1S/C18H23NO2/c1-15-7-5-9-17(13-15)20-11-6-12-21-18-10-4-3-8-16(18)14-19-2/h3-5,7-10,13,19H,6,11-12,14H2,1-2H3. The second kappa shape index (κ2) is 8.32. The lowest BCUT2D eigenvalue weighted by Gasteiger charge is -2.11. The van der Waals surface area contributed by atoms with Gasteiger partial charge in [0, 0.05) is 18.5 Å². The van der Waals surface area contributed by atoms with Gasteiger partial charge < -0.3 is 14.8 Å². The molecule has 0 spiro atoms. The Kier molecular flexibility index (Phi) is 6.10. The summed E-state index contributed by atoms with van der Waals surface area (Å²) in [5.41, 5.74) is 2.39. The molecular formula is C18H23NO2. The molecule has 2 aromatic carbocycles. The molecule has 0 unspecified atom stereocenters. The largest absolute Gasteiger partial charge is 0.493 e. The molecule has 2 rings (SSSR count). The molecular weight excluding hydrogens is 262 g/mol. The molecule has 0 aliphatic rings. The molecule has 112 valence electrons. The van der Waals surface area contributed by atoms with Crippen LogP contribution in [0.1, 0.15) is 17.5 Å². The van der Waals surface area contributed by atoms with Crippen molar-refractivity contribution in [1.82, 2.24) is 5.32 Å². The van der Waals surface area contributed by atoms with Crippen LogP contribution in [0.2, 0.25) is 0 Å². The number of aryl methyl sites for hydroxylation is 1. The summed E-state index contributed by atoms with van der Waals surface area (Å²) in [6.07, 6.45) is 0.863. The number of ether oxygens (including phenoxy) is 2. The van der Waals surface area contributed by atoms with Gasteiger partial charge in [-0.05, 0) is 37.7 Å². The Bertz CT molecular complexity index is 554. The SMILES string of the molecule is CNCc1ccccc1OCCCOc1cccc(C)c1. The number of hydrogen-bond acceptors (Lipinski definition) is 3. The first-order chi connectivity index (χ1) is 10.3. The average Bonchev–Trinajstić information content (AvgIpc) is 2.49. The third-order valence-electron chi connectivity index (χ3n) is 3.14. The highest BCUT2D eigenvalue weighted by Gasteiger charge is 2.01. The number of rotatable bonds is 8. The Balaban J connectivity index is 1.72. The second-order valence-corrected chi connectivity index (χ2v) is 5.01. The summed E-state index contributed by atoms with van der Waals surface area (Å²) in [6.45, 7) is 4.20. The fourth-order valence-corrected chi connectivity index (χ4v) is 2.12. The van der Waals surface area contributed by atoms with Crippen molar-refractivity contribution < 1.29 is 9.47 Å².